The van der Waals surface area contributed by atoms with Crippen molar-refractivity contribution in [1.29, 1.82) is 0 Å². The summed E-state index contributed by atoms with van der Waals surface area (Å²) in [6.45, 7) is 1.40. The van der Waals surface area contributed by atoms with E-state index in [4.69, 9.17) is 9.84 Å². The summed E-state index contributed by atoms with van der Waals surface area (Å²) >= 11 is 0. The monoisotopic (exact) mass is 352 g/mol. The number of carbonyl (C=O) groups excluding carboxylic acids is 2. The first kappa shape index (κ1) is 17.2. The number of hydrazine groups is 1. The molecule has 1 atom stereocenters. The van der Waals surface area contributed by atoms with Crippen LogP contribution in [-0.2, 0) is 14.4 Å². The number of hydrogen-bond acceptors (Lipinski definition) is 4. The number of hydrogen-bond donors (Lipinski definition) is 2. The Morgan fingerprint density at radius 2 is 1.77 bits per heavy atom. The highest BCUT2D eigenvalue weighted by Gasteiger charge is 2.34. The molecule has 0 saturated carbocycles. The molecule has 0 radical (unpaired) electrons. The summed E-state index contributed by atoms with van der Waals surface area (Å²) in [6, 6.07) is 15.3. The normalized spacial score (nSPS) is 16.5. The lowest BCUT2D eigenvalue weighted by Crippen LogP contribution is -2.35. The number of benzene rings is 2. The maximum Gasteiger partial charge on any atom is 0.344 e. The second kappa shape index (κ2) is 7.10. The molecule has 0 unspecified atom stereocenters. The van der Waals surface area contributed by atoms with E-state index in [0.717, 1.165) is 5.01 Å². The number of carbonyl (C=O) groups is 3. The van der Waals surface area contributed by atoms with Crippen molar-refractivity contribution in [3.8, 4) is 5.75 Å². The zero-order chi connectivity index (χ0) is 18.7. The summed E-state index contributed by atoms with van der Waals surface area (Å²) in [5.41, 5.74) is 3.43. The quantitative estimate of drug-likeness (QED) is 0.634. The fraction of sp³-hybridized carbons (Fsp3) is 0.105. The van der Waals surface area contributed by atoms with Crippen LogP contribution in [0, 0.1) is 0 Å². The third-order valence-electron chi connectivity index (χ3n) is 3.78. The van der Waals surface area contributed by atoms with Gasteiger partial charge in [-0.05, 0) is 31.2 Å². The van der Waals surface area contributed by atoms with Crippen molar-refractivity contribution in [3.05, 3.63) is 65.7 Å². The van der Waals surface area contributed by atoms with E-state index in [1.807, 2.05) is 0 Å². The molecule has 2 amide bonds. The van der Waals surface area contributed by atoms with Gasteiger partial charge in [-0.15, -0.1) is 0 Å². The zero-order valence-electron chi connectivity index (χ0n) is 13.9. The van der Waals surface area contributed by atoms with Gasteiger partial charge in [0.05, 0.1) is 5.69 Å². The molecule has 1 heterocycles. The van der Waals surface area contributed by atoms with Gasteiger partial charge in [0.1, 0.15) is 11.3 Å². The van der Waals surface area contributed by atoms with Crippen molar-refractivity contribution < 1.29 is 24.2 Å². The van der Waals surface area contributed by atoms with Crippen LogP contribution in [0.25, 0.3) is 6.08 Å². The molecule has 2 N–H and O–H groups in total. The number of ether oxygens (including phenoxy) is 1. The van der Waals surface area contributed by atoms with E-state index in [1.165, 1.54) is 13.0 Å². The third-order valence-corrected chi connectivity index (χ3v) is 3.78. The Bertz CT molecular complexity index is 892. The molecule has 2 aromatic carbocycles. The van der Waals surface area contributed by atoms with E-state index in [0.29, 0.717) is 11.3 Å². The summed E-state index contributed by atoms with van der Waals surface area (Å²) in [5.74, 6) is -1.88. The molecule has 7 nitrogen and oxygen atoms in total. The molecule has 26 heavy (non-hydrogen) atoms. The summed E-state index contributed by atoms with van der Waals surface area (Å²) < 4.78 is 5.40. The predicted molar refractivity (Wildman–Crippen MR) is 94.2 cm³/mol. The van der Waals surface area contributed by atoms with Gasteiger partial charge in [0.25, 0.3) is 11.8 Å². The minimum absolute atomic E-state index is 0.0621. The minimum atomic E-state index is -1.11. The number of amides is 2. The number of aliphatic carboxylic acids is 1. The molecule has 132 valence electrons. The highest BCUT2D eigenvalue weighted by molar-refractivity contribution is 6.31. The number of carboxylic acid groups (broad SMARTS) is 1. The highest BCUT2D eigenvalue weighted by atomic mass is 16.5. The first-order valence-corrected chi connectivity index (χ1v) is 7.88. The maximum absolute atomic E-state index is 12.6. The van der Waals surface area contributed by atoms with Gasteiger partial charge in [-0.2, -0.15) is 0 Å². The van der Waals surface area contributed by atoms with Crippen LogP contribution < -0.4 is 15.2 Å². The van der Waals surface area contributed by atoms with Crippen LogP contribution in [0.2, 0.25) is 0 Å². The Kier molecular flexibility index (Phi) is 4.70. The minimum Gasteiger partial charge on any atom is -0.479 e. The molecule has 1 fully saturated rings. The second-order valence-corrected chi connectivity index (χ2v) is 5.61. The van der Waals surface area contributed by atoms with E-state index < -0.39 is 23.9 Å². The van der Waals surface area contributed by atoms with Crippen molar-refractivity contribution in [2.45, 2.75) is 13.0 Å². The topological polar surface area (TPSA) is 95.9 Å². The number of carboxylic acids is 1. The van der Waals surface area contributed by atoms with E-state index in [1.54, 1.807) is 54.6 Å². The van der Waals surface area contributed by atoms with Crippen molar-refractivity contribution >= 4 is 29.5 Å². The molecule has 0 aliphatic carbocycles. The van der Waals surface area contributed by atoms with E-state index in [-0.39, 0.29) is 11.3 Å². The van der Waals surface area contributed by atoms with Gasteiger partial charge in [-0.25, -0.2) is 9.80 Å². The zero-order valence-corrected chi connectivity index (χ0v) is 13.9. The summed E-state index contributed by atoms with van der Waals surface area (Å²) in [7, 11) is 0. The van der Waals surface area contributed by atoms with Crippen LogP contribution in [0.3, 0.4) is 0 Å². The van der Waals surface area contributed by atoms with E-state index >= 15 is 0 Å². The number of anilines is 1. The lowest BCUT2D eigenvalue weighted by Gasteiger charge is -2.14. The van der Waals surface area contributed by atoms with Gasteiger partial charge >= 0.3 is 5.97 Å². The highest BCUT2D eigenvalue weighted by Crippen LogP contribution is 2.26. The van der Waals surface area contributed by atoms with Crippen LogP contribution in [0.1, 0.15) is 12.5 Å². The van der Waals surface area contributed by atoms with E-state index in [9.17, 15) is 14.4 Å². The molecule has 1 aliphatic heterocycles. The molecule has 3 rings (SSSR count). The molecule has 1 saturated heterocycles. The third kappa shape index (κ3) is 3.41. The Morgan fingerprint density at radius 3 is 2.46 bits per heavy atom. The van der Waals surface area contributed by atoms with Crippen molar-refractivity contribution in [1.82, 2.24) is 5.43 Å². The Balaban J connectivity index is 1.92. The van der Waals surface area contributed by atoms with Crippen LogP contribution in [0.5, 0.6) is 5.75 Å². The van der Waals surface area contributed by atoms with Gasteiger partial charge < -0.3 is 9.84 Å². The lowest BCUT2D eigenvalue weighted by molar-refractivity contribution is -0.144. The van der Waals surface area contributed by atoms with Crippen LogP contribution in [0.4, 0.5) is 5.69 Å². The first-order chi connectivity index (χ1) is 12.5. The molecule has 7 heteroatoms. The Morgan fingerprint density at radius 1 is 1.12 bits per heavy atom. The van der Waals surface area contributed by atoms with Gasteiger partial charge in [0.2, 0.25) is 0 Å². The second-order valence-electron chi connectivity index (χ2n) is 5.61. The smallest absolute Gasteiger partial charge is 0.344 e. The number of para-hydroxylation sites is 2. The van der Waals surface area contributed by atoms with E-state index in [2.05, 4.69) is 5.43 Å². The van der Waals surface area contributed by atoms with Crippen molar-refractivity contribution in [2.24, 2.45) is 0 Å². The summed E-state index contributed by atoms with van der Waals surface area (Å²) in [5, 5.41) is 10.2. The molecule has 1 aliphatic rings. The molecule has 0 bridgehead atoms. The standard InChI is InChI=1S/C19H16N2O5/c1-12(19(24)25)26-16-10-6-5-7-13(16)11-15-17(22)20-21(18(15)23)14-8-3-2-4-9-14/h2-12H,1H3,(H,20,22)(H,24,25)/b15-11-/t12-/m1/s1. The fourth-order valence-corrected chi connectivity index (χ4v) is 2.42. The van der Waals surface area contributed by atoms with Crippen LogP contribution >= 0.6 is 0 Å². The Hall–Kier alpha value is -3.61. The van der Waals surface area contributed by atoms with Gasteiger partial charge in [-0.1, -0.05) is 36.4 Å². The molecular weight excluding hydrogens is 336 g/mol. The predicted octanol–water partition coefficient (Wildman–Crippen LogP) is 2.00. The molecule has 0 aromatic heterocycles. The molecule has 2 aromatic rings. The van der Waals surface area contributed by atoms with Gasteiger partial charge in [0.15, 0.2) is 6.10 Å². The average Bonchev–Trinajstić information content (AvgIpc) is 2.92. The molecular formula is C19H16N2O5. The first-order valence-electron chi connectivity index (χ1n) is 7.88. The SMILES string of the molecule is C[C@@H](Oc1ccccc1/C=C1/C(=O)NN(c2ccccc2)C1=O)C(=O)O. The number of nitrogens with zero attached hydrogens (tertiary/aromatic N) is 1. The lowest BCUT2D eigenvalue weighted by atomic mass is 10.1. The van der Waals surface area contributed by atoms with Gasteiger partial charge in [0, 0.05) is 5.56 Å². The van der Waals surface area contributed by atoms with Crippen LogP contribution in [0.15, 0.2) is 60.2 Å². The summed E-state index contributed by atoms with van der Waals surface area (Å²) in [6.07, 6.45) is 0.327. The molecule has 0 spiro atoms. The maximum atomic E-state index is 12.6. The largest absolute Gasteiger partial charge is 0.479 e. The van der Waals surface area contributed by atoms with Crippen molar-refractivity contribution in [3.63, 3.8) is 0 Å². The van der Waals surface area contributed by atoms with Crippen LogP contribution in [-0.4, -0.2) is 29.0 Å². The van der Waals surface area contributed by atoms with Gasteiger partial charge in [-0.3, -0.25) is 15.0 Å². The fourth-order valence-electron chi connectivity index (χ4n) is 2.42. The number of rotatable bonds is 5. The van der Waals surface area contributed by atoms with Crippen molar-refractivity contribution in [2.75, 3.05) is 5.01 Å². The Labute approximate surface area is 149 Å². The summed E-state index contributed by atoms with van der Waals surface area (Å²) in [4.78, 5) is 35.8. The number of nitrogens with one attached hydrogen (secondary N) is 1. The average molecular weight is 352 g/mol.